The summed E-state index contributed by atoms with van der Waals surface area (Å²) in [6.07, 6.45) is 0.161. The zero-order chi connectivity index (χ0) is 15.6. The van der Waals surface area contributed by atoms with Gasteiger partial charge in [-0.2, -0.15) is 0 Å². The van der Waals surface area contributed by atoms with E-state index in [4.69, 9.17) is 0 Å². The monoisotopic (exact) mass is 374 g/mol. The van der Waals surface area contributed by atoms with Crippen molar-refractivity contribution in [2.45, 2.75) is 26.3 Å². The summed E-state index contributed by atoms with van der Waals surface area (Å²) < 4.78 is 24.1. The number of hydrogen-bond acceptors (Lipinski definition) is 4. The maximum atomic E-state index is 12.1. The Kier molecular flexibility index (Phi) is 5.06. The largest absolute Gasteiger partial charge is 0.326 e. The number of amides is 1. The van der Waals surface area contributed by atoms with Gasteiger partial charge in [-0.3, -0.25) is 4.79 Å². The van der Waals surface area contributed by atoms with E-state index in [1.54, 1.807) is 0 Å². The molecule has 1 aromatic rings. The molecule has 2 N–H and O–H groups in total. The molecule has 1 saturated heterocycles. The van der Waals surface area contributed by atoms with Crippen LogP contribution in [0.3, 0.4) is 0 Å². The molecule has 0 radical (unpaired) electrons. The minimum atomic E-state index is -3.02. The molecule has 1 atom stereocenters. The van der Waals surface area contributed by atoms with Crippen molar-refractivity contribution < 1.29 is 13.2 Å². The lowest BCUT2D eigenvalue weighted by molar-refractivity contribution is -0.116. The summed E-state index contributed by atoms with van der Waals surface area (Å²) in [6.45, 7) is 4.27. The molecule has 21 heavy (non-hydrogen) atoms. The molecule has 1 heterocycles. The van der Waals surface area contributed by atoms with Crippen LogP contribution in [0.2, 0.25) is 0 Å². The number of aryl methyl sites for hydroxylation is 2. The second-order valence-corrected chi connectivity index (χ2v) is 8.58. The van der Waals surface area contributed by atoms with Crippen molar-refractivity contribution >= 4 is 37.4 Å². The van der Waals surface area contributed by atoms with Crippen molar-refractivity contribution in [1.82, 2.24) is 5.32 Å². The summed E-state index contributed by atoms with van der Waals surface area (Å²) >= 11 is 3.42. The summed E-state index contributed by atoms with van der Waals surface area (Å²) in [5, 5.41) is 5.97. The number of nitrogens with one attached hydrogen (secondary N) is 2. The van der Waals surface area contributed by atoms with E-state index in [2.05, 4.69) is 26.6 Å². The Hall–Kier alpha value is -0.920. The Morgan fingerprint density at radius 3 is 2.57 bits per heavy atom. The Bertz CT molecular complexity index is 635. The van der Waals surface area contributed by atoms with Gasteiger partial charge < -0.3 is 10.6 Å². The van der Waals surface area contributed by atoms with Gasteiger partial charge in [-0.15, -0.1) is 0 Å². The van der Waals surface area contributed by atoms with Gasteiger partial charge >= 0.3 is 0 Å². The van der Waals surface area contributed by atoms with Crippen LogP contribution in [-0.2, 0) is 14.6 Å². The Labute approximate surface area is 133 Å². The summed E-state index contributed by atoms with van der Waals surface area (Å²) in [5.74, 6) is 0.00696. The van der Waals surface area contributed by atoms with Crippen LogP contribution in [0.1, 0.15) is 17.5 Å². The highest BCUT2D eigenvalue weighted by Crippen LogP contribution is 2.25. The minimum absolute atomic E-state index is 0.0265. The van der Waals surface area contributed by atoms with Gasteiger partial charge in [0, 0.05) is 29.2 Å². The average molecular weight is 375 g/mol. The van der Waals surface area contributed by atoms with E-state index in [0.29, 0.717) is 6.54 Å². The molecule has 0 bridgehead atoms. The lowest BCUT2D eigenvalue weighted by atomic mass is 10.1. The molecule has 116 valence electrons. The smallest absolute Gasteiger partial charge is 0.225 e. The number of carbonyl (C=O) groups is 1. The zero-order valence-corrected chi connectivity index (χ0v) is 14.5. The molecule has 0 saturated carbocycles. The number of benzene rings is 1. The van der Waals surface area contributed by atoms with Crippen molar-refractivity contribution in [2.75, 3.05) is 23.4 Å². The van der Waals surface area contributed by atoms with E-state index < -0.39 is 9.84 Å². The van der Waals surface area contributed by atoms with E-state index in [9.17, 15) is 13.2 Å². The van der Waals surface area contributed by atoms with E-state index in [1.807, 2.05) is 26.0 Å². The topological polar surface area (TPSA) is 75.3 Å². The van der Waals surface area contributed by atoms with Crippen molar-refractivity contribution in [3.05, 3.63) is 27.7 Å². The highest BCUT2D eigenvalue weighted by molar-refractivity contribution is 9.10. The van der Waals surface area contributed by atoms with Gasteiger partial charge in [-0.05, 0) is 37.1 Å². The molecular weight excluding hydrogens is 356 g/mol. The molecule has 1 unspecified atom stereocenters. The Morgan fingerprint density at radius 2 is 2.00 bits per heavy atom. The minimum Gasteiger partial charge on any atom is -0.326 e. The summed E-state index contributed by atoms with van der Waals surface area (Å²) in [7, 11) is -3.02. The van der Waals surface area contributed by atoms with E-state index >= 15 is 0 Å². The predicted octanol–water partition coefficient (Wildman–Crippen LogP) is 1.78. The second kappa shape index (κ2) is 6.46. The molecule has 2 rings (SSSR count). The van der Waals surface area contributed by atoms with Crippen LogP contribution in [0.15, 0.2) is 16.6 Å². The van der Waals surface area contributed by atoms with Crippen LogP contribution in [-0.4, -0.2) is 38.4 Å². The van der Waals surface area contributed by atoms with Gasteiger partial charge in [-0.1, -0.05) is 15.9 Å². The van der Waals surface area contributed by atoms with Crippen LogP contribution in [0.25, 0.3) is 0 Å². The molecular formula is C14H19BrN2O3S. The number of halogens is 1. The summed E-state index contributed by atoms with van der Waals surface area (Å²) in [6, 6.07) is 3.57. The van der Waals surface area contributed by atoms with Gasteiger partial charge in [0.05, 0.1) is 11.5 Å². The molecule has 5 nitrogen and oxygen atoms in total. The van der Waals surface area contributed by atoms with Crippen molar-refractivity contribution in [3.8, 4) is 0 Å². The van der Waals surface area contributed by atoms with Crippen LogP contribution in [0.5, 0.6) is 0 Å². The second-order valence-electron chi connectivity index (χ2n) is 5.43. The van der Waals surface area contributed by atoms with Gasteiger partial charge in [-0.25, -0.2) is 8.42 Å². The number of sulfone groups is 1. The lowest BCUT2D eigenvalue weighted by Crippen LogP contribution is -2.46. The Balaban J connectivity index is 2.02. The first-order chi connectivity index (χ1) is 9.77. The summed E-state index contributed by atoms with van der Waals surface area (Å²) in [5.41, 5.74) is 2.74. The van der Waals surface area contributed by atoms with Gasteiger partial charge in [0.2, 0.25) is 5.91 Å². The molecule has 0 aliphatic carbocycles. The van der Waals surface area contributed by atoms with Crippen molar-refractivity contribution in [3.63, 3.8) is 0 Å². The third-order valence-corrected chi connectivity index (χ3v) is 5.69. The maximum Gasteiger partial charge on any atom is 0.225 e. The third-order valence-electron chi connectivity index (χ3n) is 3.49. The van der Waals surface area contributed by atoms with E-state index in [-0.39, 0.29) is 29.9 Å². The molecule has 1 aliphatic heterocycles. The van der Waals surface area contributed by atoms with E-state index in [1.165, 1.54) is 0 Å². The molecule has 1 fully saturated rings. The number of hydrogen-bond donors (Lipinski definition) is 2. The highest BCUT2D eigenvalue weighted by Gasteiger charge is 2.26. The summed E-state index contributed by atoms with van der Waals surface area (Å²) in [4.78, 5) is 12.1. The van der Waals surface area contributed by atoms with Crippen LogP contribution >= 0.6 is 15.9 Å². The Morgan fingerprint density at radius 1 is 1.38 bits per heavy atom. The van der Waals surface area contributed by atoms with Crippen molar-refractivity contribution in [1.29, 1.82) is 0 Å². The van der Waals surface area contributed by atoms with Gasteiger partial charge in [0.1, 0.15) is 0 Å². The van der Waals surface area contributed by atoms with Crippen LogP contribution < -0.4 is 10.6 Å². The maximum absolute atomic E-state index is 12.1. The lowest BCUT2D eigenvalue weighted by Gasteiger charge is -2.23. The number of carbonyl (C=O) groups excluding carboxylic acids is 1. The standard InChI is InChI=1S/C14H19BrN2O3S/c1-9-5-11(15)6-10(2)14(9)17-13(18)7-12-8-21(19,20)4-3-16-12/h5-6,12,16H,3-4,7-8H2,1-2H3,(H,17,18). The number of rotatable bonds is 3. The fourth-order valence-electron chi connectivity index (χ4n) is 2.52. The van der Waals surface area contributed by atoms with Gasteiger partial charge in [0.15, 0.2) is 9.84 Å². The molecule has 0 spiro atoms. The average Bonchev–Trinajstić information content (AvgIpc) is 2.32. The quantitative estimate of drug-likeness (QED) is 0.845. The fourth-order valence-corrected chi connectivity index (χ4v) is 4.65. The SMILES string of the molecule is Cc1cc(Br)cc(C)c1NC(=O)CC1CS(=O)(=O)CCN1. The molecule has 1 amide bonds. The molecule has 0 aromatic heterocycles. The first-order valence-corrected chi connectivity index (χ1v) is 9.39. The fraction of sp³-hybridized carbons (Fsp3) is 0.500. The predicted molar refractivity (Wildman–Crippen MR) is 87.3 cm³/mol. The van der Waals surface area contributed by atoms with Crippen molar-refractivity contribution in [2.24, 2.45) is 0 Å². The first-order valence-electron chi connectivity index (χ1n) is 6.77. The molecule has 1 aromatic carbocycles. The normalized spacial score (nSPS) is 21.0. The van der Waals surface area contributed by atoms with Crippen LogP contribution in [0.4, 0.5) is 5.69 Å². The highest BCUT2D eigenvalue weighted by atomic mass is 79.9. The molecule has 7 heteroatoms. The number of anilines is 1. The first kappa shape index (κ1) is 16.5. The zero-order valence-electron chi connectivity index (χ0n) is 12.1. The van der Waals surface area contributed by atoms with Gasteiger partial charge in [0.25, 0.3) is 0 Å². The van der Waals surface area contributed by atoms with Crippen LogP contribution in [0, 0.1) is 13.8 Å². The third kappa shape index (κ3) is 4.52. The van der Waals surface area contributed by atoms with E-state index in [0.717, 1.165) is 21.3 Å². The molecule has 1 aliphatic rings.